The molecule has 2 aliphatic rings. The highest BCUT2D eigenvalue weighted by Gasteiger charge is 2.42. The first-order valence-corrected chi connectivity index (χ1v) is 7.88. The number of carbonyl (C=O) groups excluding carboxylic acids is 2. The van der Waals surface area contributed by atoms with Crippen LogP contribution < -0.4 is 0 Å². The third-order valence-corrected chi connectivity index (χ3v) is 4.85. The van der Waals surface area contributed by atoms with Crippen LogP contribution in [0.1, 0.15) is 5.56 Å². The van der Waals surface area contributed by atoms with Crippen LogP contribution in [0.3, 0.4) is 0 Å². The molecule has 22 heavy (non-hydrogen) atoms. The van der Waals surface area contributed by atoms with Crippen LogP contribution in [0.2, 0.25) is 5.02 Å². The van der Waals surface area contributed by atoms with Gasteiger partial charge in [0.1, 0.15) is 0 Å². The van der Waals surface area contributed by atoms with Crippen LogP contribution >= 0.6 is 11.6 Å². The molecule has 0 radical (unpaired) electrons. The summed E-state index contributed by atoms with van der Waals surface area (Å²) in [6.45, 7) is 6.50. The maximum Gasteiger partial charge on any atom is 0.245 e. The van der Waals surface area contributed by atoms with E-state index in [-0.39, 0.29) is 11.8 Å². The Morgan fingerprint density at radius 2 is 1.64 bits per heavy atom. The molecule has 2 amide bonds. The van der Waals surface area contributed by atoms with Crippen LogP contribution in [0.15, 0.2) is 36.9 Å². The standard InChI is InChI=1S/C17H19ClN2O2/c1-2-16(21)19-8-13-10-20(11-14(13)9-19)17(22)7-12-3-5-15(18)6-4-12/h2-6,13-14H,1,7-11H2. The quantitative estimate of drug-likeness (QED) is 0.800. The molecule has 0 aromatic heterocycles. The van der Waals surface area contributed by atoms with Gasteiger partial charge in [0.05, 0.1) is 6.42 Å². The van der Waals surface area contributed by atoms with Gasteiger partial charge in [-0.1, -0.05) is 30.3 Å². The number of hydrogen-bond acceptors (Lipinski definition) is 2. The van der Waals surface area contributed by atoms with Crippen molar-refractivity contribution in [3.63, 3.8) is 0 Å². The molecule has 5 heteroatoms. The van der Waals surface area contributed by atoms with Crippen LogP contribution in [0, 0.1) is 11.8 Å². The fraction of sp³-hybridized carbons (Fsp3) is 0.412. The summed E-state index contributed by atoms with van der Waals surface area (Å²) in [5.41, 5.74) is 0.981. The summed E-state index contributed by atoms with van der Waals surface area (Å²) >= 11 is 5.86. The van der Waals surface area contributed by atoms with Crippen molar-refractivity contribution in [3.8, 4) is 0 Å². The van der Waals surface area contributed by atoms with Crippen molar-refractivity contribution >= 4 is 23.4 Å². The van der Waals surface area contributed by atoms with Gasteiger partial charge in [-0.25, -0.2) is 0 Å². The summed E-state index contributed by atoms with van der Waals surface area (Å²) < 4.78 is 0. The normalized spacial score (nSPS) is 23.5. The molecule has 2 saturated heterocycles. The van der Waals surface area contributed by atoms with Crippen LogP contribution in [0.5, 0.6) is 0 Å². The number of hydrogen-bond donors (Lipinski definition) is 0. The number of likely N-dealkylation sites (tertiary alicyclic amines) is 2. The molecule has 116 valence electrons. The topological polar surface area (TPSA) is 40.6 Å². The molecule has 2 heterocycles. The maximum absolute atomic E-state index is 12.4. The molecule has 0 N–H and O–H groups in total. The highest BCUT2D eigenvalue weighted by Crippen LogP contribution is 2.31. The van der Waals surface area contributed by atoms with Crippen molar-refractivity contribution in [2.75, 3.05) is 26.2 Å². The number of carbonyl (C=O) groups is 2. The van der Waals surface area contributed by atoms with Gasteiger partial charge < -0.3 is 9.80 Å². The number of fused-ring (bicyclic) bond motifs is 1. The van der Waals surface area contributed by atoms with Gasteiger partial charge in [0.2, 0.25) is 11.8 Å². The van der Waals surface area contributed by atoms with Crippen molar-refractivity contribution < 1.29 is 9.59 Å². The number of halogens is 1. The molecule has 1 aromatic carbocycles. The summed E-state index contributed by atoms with van der Waals surface area (Å²) in [5.74, 6) is 0.947. The Kier molecular flexibility index (Phi) is 4.21. The zero-order valence-corrected chi connectivity index (χ0v) is 13.1. The minimum atomic E-state index is -0.00607. The predicted molar refractivity (Wildman–Crippen MR) is 85.5 cm³/mol. The van der Waals surface area contributed by atoms with E-state index < -0.39 is 0 Å². The molecule has 1 aromatic rings. The average molecular weight is 319 g/mol. The molecule has 3 rings (SSSR count). The van der Waals surface area contributed by atoms with Gasteiger partial charge in [0.15, 0.2) is 0 Å². The van der Waals surface area contributed by atoms with E-state index >= 15 is 0 Å². The fourth-order valence-corrected chi connectivity index (χ4v) is 3.52. The number of benzene rings is 1. The SMILES string of the molecule is C=CC(=O)N1CC2CN(C(=O)Cc3ccc(Cl)cc3)CC2C1. The first-order chi connectivity index (χ1) is 10.6. The molecule has 0 saturated carbocycles. The Labute approximate surface area is 135 Å². The van der Waals surface area contributed by atoms with Crippen LogP contribution in [-0.2, 0) is 16.0 Å². The molecule has 4 nitrogen and oxygen atoms in total. The summed E-state index contributed by atoms with van der Waals surface area (Å²) in [6, 6.07) is 7.40. The average Bonchev–Trinajstić information content (AvgIpc) is 3.07. The molecule has 2 aliphatic heterocycles. The molecule has 2 unspecified atom stereocenters. The predicted octanol–water partition coefficient (Wildman–Crippen LogP) is 1.99. The van der Waals surface area contributed by atoms with E-state index in [9.17, 15) is 9.59 Å². The Balaban J connectivity index is 1.56. The molecule has 0 spiro atoms. The van der Waals surface area contributed by atoms with Gasteiger partial charge in [-0.2, -0.15) is 0 Å². The van der Waals surface area contributed by atoms with Crippen LogP contribution in [0.25, 0.3) is 0 Å². The largest absolute Gasteiger partial charge is 0.342 e. The second-order valence-corrected chi connectivity index (χ2v) is 6.51. The lowest BCUT2D eigenvalue weighted by molar-refractivity contribution is -0.129. The van der Waals surface area contributed by atoms with Gasteiger partial charge in [-0.15, -0.1) is 0 Å². The highest BCUT2D eigenvalue weighted by atomic mass is 35.5. The Morgan fingerprint density at radius 1 is 1.09 bits per heavy atom. The van der Waals surface area contributed by atoms with E-state index in [4.69, 9.17) is 11.6 Å². The molecule has 0 aliphatic carbocycles. The maximum atomic E-state index is 12.4. The van der Waals surface area contributed by atoms with Crippen molar-refractivity contribution in [2.24, 2.45) is 11.8 Å². The lowest BCUT2D eigenvalue weighted by atomic mass is 10.0. The van der Waals surface area contributed by atoms with Crippen LogP contribution in [-0.4, -0.2) is 47.8 Å². The van der Waals surface area contributed by atoms with E-state index in [1.54, 1.807) is 0 Å². The van der Waals surface area contributed by atoms with E-state index in [0.29, 0.717) is 23.3 Å². The molecular weight excluding hydrogens is 300 g/mol. The Hall–Kier alpha value is -1.81. The van der Waals surface area contributed by atoms with Gasteiger partial charge in [0, 0.05) is 43.0 Å². The molecule has 2 atom stereocenters. The van der Waals surface area contributed by atoms with E-state index in [1.807, 2.05) is 34.1 Å². The second kappa shape index (κ2) is 6.13. The number of amides is 2. The number of nitrogens with zero attached hydrogens (tertiary/aromatic N) is 2. The smallest absolute Gasteiger partial charge is 0.245 e. The van der Waals surface area contributed by atoms with E-state index in [1.165, 1.54) is 6.08 Å². The molecular formula is C17H19ClN2O2. The van der Waals surface area contributed by atoms with Gasteiger partial charge in [-0.05, 0) is 23.8 Å². The highest BCUT2D eigenvalue weighted by molar-refractivity contribution is 6.30. The van der Waals surface area contributed by atoms with Crippen molar-refractivity contribution in [2.45, 2.75) is 6.42 Å². The summed E-state index contributed by atoms with van der Waals surface area (Å²) in [4.78, 5) is 27.8. The Bertz CT molecular complexity index is 585. The lowest BCUT2D eigenvalue weighted by Gasteiger charge is -2.21. The van der Waals surface area contributed by atoms with Crippen molar-refractivity contribution in [3.05, 3.63) is 47.5 Å². The zero-order valence-electron chi connectivity index (χ0n) is 12.4. The van der Waals surface area contributed by atoms with Gasteiger partial charge in [-0.3, -0.25) is 9.59 Å². The summed E-state index contributed by atoms with van der Waals surface area (Å²) in [7, 11) is 0. The molecule has 0 bridgehead atoms. The zero-order chi connectivity index (χ0) is 15.7. The van der Waals surface area contributed by atoms with Crippen molar-refractivity contribution in [1.82, 2.24) is 9.80 Å². The summed E-state index contributed by atoms with van der Waals surface area (Å²) in [5, 5.41) is 0.680. The first-order valence-electron chi connectivity index (χ1n) is 7.50. The van der Waals surface area contributed by atoms with Gasteiger partial charge >= 0.3 is 0 Å². The first kappa shape index (κ1) is 15.1. The van der Waals surface area contributed by atoms with E-state index in [0.717, 1.165) is 31.7 Å². The minimum absolute atomic E-state index is 0.00607. The monoisotopic (exact) mass is 318 g/mol. The minimum Gasteiger partial charge on any atom is -0.342 e. The van der Waals surface area contributed by atoms with E-state index in [2.05, 4.69) is 6.58 Å². The summed E-state index contributed by atoms with van der Waals surface area (Å²) in [6.07, 6.45) is 1.77. The number of rotatable bonds is 3. The van der Waals surface area contributed by atoms with Crippen molar-refractivity contribution in [1.29, 1.82) is 0 Å². The van der Waals surface area contributed by atoms with Gasteiger partial charge in [0.25, 0.3) is 0 Å². The Morgan fingerprint density at radius 3 is 2.18 bits per heavy atom. The fourth-order valence-electron chi connectivity index (χ4n) is 3.39. The molecule has 2 fully saturated rings. The third kappa shape index (κ3) is 3.02. The lowest BCUT2D eigenvalue weighted by Crippen LogP contribution is -2.35. The third-order valence-electron chi connectivity index (χ3n) is 4.59. The second-order valence-electron chi connectivity index (χ2n) is 6.07. The van der Waals surface area contributed by atoms with Crippen LogP contribution in [0.4, 0.5) is 0 Å².